The van der Waals surface area contributed by atoms with Crippen LogP contribution in [0.25, 0.3) is 33.6 Å². The highest BCUT2D eigenvalue weighted by Crippen LogP contribution is 2.32. The molecule has 0 aliphatic rings. The lowest BCUT2D eigenvalue weighted by Crippen LogP contribution is -1.92. The number of benzene rings is 3. The SMILES string of the molecule is COc1ccc(-c2cc(-c3ccc(Br)cc3)cc(-c3ccc(OC)cc3)n2)cc1. The largest absolute Gasteiger partial charge is 0.497 e. The molecule has 0 fully saturated rings. The van der Waals surface area contributed by atoms with Crippen molar-refractivity contribution in [3.8, 4) is 45.1 Å². The Bertz CT molecular complexity index is 1040. The molecule has 0 radical (unpaired) electrons. The zero-order chi connectivity index (χ0) is 20.2. The van der Waals surface area contributed by atoms with Crippen molar-refractivity contribution in [3.63, 3.8) is 0 Å². The highest BCUT2D eigenvalue weighted by molar-refractivity contribution is 9.10. The monoisotopic (exact) mass is 445 g/mol. The first-order chi connectivity index (χ1) is 14.2. The Kier molecular flexibility index (Phi) is 5.63. The molecule has 1 aromatic heterocycles. The molecule has 0 spiro atoms. The lowest BCUT2D eigenvalue weighted by Gasteiger charge is -2.11. The van der Waals surface area contributed by atoms with E-state index in [0.717, 1.165) is 49.6 Å². The number of methoxy groups -OCH3 is 2. The van der Waals surface area contributed by atoms with Gasteiger partial charge in [-0.2, -0.15) is 0 Å². The standard InChI is InChI=1S/C25H20BrNO2/c1-28-22-11-5-18(6-12-22)24-15-20(17-3-9-21(26)10-4-17)16-25(27-24)19-7-13-23(29-2)14-8-19/h3-16H,1-2H3. The lowest BCUT2D eigenvalue weighted by molar-refractivity contribution is 0.415. The summed E-state index contributed by atoms with van der Waals surface area (Å²) in [4.78, 5) is 4.94. The first-order valence-corrected chi connectivity index (χ1v) is 10.0. The van der Waals surface area contributed by atoms with Crippen LogP contribution in [0.3, 0.4) is 0 Å². The lowest BCUT2D eigenvalue weighted by atomic mass is 10.00. The zero-order valence-corrected chi connectivity index (χ0v) is 17.8. The van der Waals surface area contributed by atoms with Crippen molar-refractivity contribution in [2.45, 2.75) is 0 Å². The van der Waals surface area contributed by atoms with Gasteiger partial charge in [-0.05, 0) is 83.9 Å². The number of rotatable bonds is 5. The Hall–Kier alpha value is -3.11. The van der Waals surface area contributed by atoms with Gasteiger partial charge in [-0.15, -0.1) is 0 Å². The normalized spacial score (nSPS) is 10.6. The van der Waals surface area contributed by atoms with E-state index in [-0.39, 0.29) is 0 Å². The molecule has 0 saturated carbocycles. The number of hydrogen-bond donors (Lipinski definition) is 0. The summed E-state index contributed by atoms with van der Waals surface area (Å²) in [7, 11) is 3.34. The van der Waals surface area contributed by atoms with Crippen molar-refractivity contribution >= 4 is 15.9 Å². The fraction of sp³-hybridized carbons (Fsp3) is 0.0800. The molecule has 0 N–H and O–H groups in total. The zero-order valence-electron chi connectivity index (χ0n) is 16.2. The van der Waals surface area contributed by atoms with Crippen LogP contribution in [0, 0.1) is 0 Å². The van der Waals surface area contributed by atoms with Crippen molar-refractivity contribution in [1.29, 1.82) is 0 Å². The molecule has 0 aliphatic carbocycles. The topological polar surface area (TPSA) is 31.4 Å². The molecule has 0 amide bonds. The molecule has 0 saturated heterocycles. The van der Waals surface area contributed by atoms with Gasteiger partial charge in [0.15, 0.2) is 0 Å². The predicted molar refractivity (Wildman–Crippen MR) is 121 cm³/mol. The Balaban J connectivity index is 1.84. The van der Waals surface area contributed by atoms with Crippen LogP contribution in [0.15, 0.2) is 89.4 Å². The fourth-order valence-electron chi connectivity index (χ4n) is 3.16. The van der Waals surface area contributed by atoms with E-state index in [1.807, 2.05) is 48.5 Å². The number of halogens is 1. The minimum Gasteiger partial charge on any atom is -0.497 e. The summed E-state index contributed by atoms with van der Waals surface area (Å²) < 4.78 is 11.6. The van der Waals surface area contributed by atoms with Crippen LogP contribution in [0.2, 0.25) is 0 Å². The summed E-state index contributed by atoms with van der Waals surface area (Å²) in [6.07, 6.45) is 0. The van der Waals surface area contributed by atoms with Gasteiger partial charge in [0.1, 0.15) is 11.5 Å². The van der Waals surface area contributed by atoms with E-state index in [2.05, 4.69) is 52.3 Å². The summed E-state index contributed by atoms with van der Waals surface area (Å²) in [6, 6.07) is 28.5. The third-order valence-electron chi connectivity index (χ3n) is 4.77. The molecule has 3 aromatic carbocycles. The second-order valence-electron chi connectivity index (χ2n) is 6.59. The van der Waals surface area contributed by atoms with Gasteiger partial charge in [-0.1, -0.05) is 28.1 Å². The van der Waals surface area contributed by atoms with Gasteiger partial charge in [0.2, 0.25) is 0 Å². The van der Waals surface area contributed by atoms with E-state index in [0.29, 0.717) is 0 Å². The molecule has 4 rings (SSSR count). The quantitative estimate of drug-likeness (QED) is 0.336. The average Bonchev–Trinajstić information content (AvgIpc) is 2.79. The maximum absolute atomic E-state index is 5.29. The highest BCUT2D eigenvalue weighted by Gasteiger charge is 2.09. The molecule has 0 bridgehead atoms. The van der Waals surface area contributed by atoms with E-state index < -0.39 is 0 Å². The van der Waals surface area contributed by atoms with Crippen molar-refractivity contribution in [3.05, 3.63) is 89.4 Å². The Morgan fingerprint density at radius 3 is 1.38 bits per heavy atom. The molecule has 144 valence electrons. The molecule has 29 heavy (non-hydrogen) atoms. The third kappa shape index (κ3) is 4.33. The van der Waals surface area contributed by atoms with Gasteiger partial charge in [0.25, 0.3) is 0 Å². The van der Waals surface area contributed by atoms with Crippen LogP contribution in [-0.2, 0) is 0 Å². The minimum absolute atomic E-state index is 0.827. The summed E-state index contributed by atoms with van der Waals surface area (Å²) in [6.45, 7) is 0. The van der Waals surface area contributed by atoms with Crippen LogP contribution >= 0.6 is 15.9 Å². The summed E-state index contributed by atoms with van der Waals surface area (Å²) in [5.41, 5.74) is 6.17. The second kappa shape index (κ2) is 8.50. The van der Waals surface area contributed by atoms with Gasteiger partial charge in [0, 0.05) is 15.6 Å². The first kappa shape index (κ1) is 19.2. The fourth-order valence-corrected chi connectivity index (χ4v) is 3.42. The molecule has 4 aromatic rings. The number of ether oxygens (including phenoxy) is 2. The van der Waals surface area contributed by atoms with Crippen LogP contribution < -0.4 is 9.47 Å². The minimum atomic E-state index is 0.827. The van der Waals surface area contributed by atoms with Crippen LogP contribution in [0.5, 0.6) is 11.5 Å². The summed E-state index contributed by atoms with van der Waals surface area (Å²) in [5.74, 6) is 1.65. The maximum Gasteiger partial charge on any atom is 0.118 e. The molecule has 3 nitrogen and oxygen atoms in total. The number of nitrogens with zero attached hydrogens (tertiary/aromatic N) is 1. The predicted octanol–water partition coefficient (Wildman–Crippen LogP) is 6.86. The van der Waals surface area contributed by atoms with Gasteiger partial charge in [-0.25, -0.2) is 4.98 Å². The maximum atomic E-state index is 5.29. The average molecular weight is 446 g/mol. The van der Waals surface area contributed by atoms with Crippen LogP contribution in [-0.4, -0.2) is 19.2 Å². The van der Waals surface area contributed by atoms with Crippen molar-refractivity contribution in [2.24, 2.45) is 0 Å². The van der Waals surface area contributed by atoms with Gasteiger partial charge in [-0.3, -0.25) is 0 Å². The van der Waals surface area contributed by atoms with E-state index >= 15 is 0 Å². The summed E-state index contributed by atoms with van der Waals surface area (Å²) in [5, 5.41) is 0. The first-order valence-electron chi connectivity index (χ1n) is 9.23. The van der Waals surface area contributed by atoms with Crippen LogP contribution in [0.4, 0.5) is 0 Å². The van der Waals surface area contributed by atoms with E-state index in [1.54, 1.807) is 14.2 Å². The van der Waals surface area contributed by atoms with Gasteiger partial charge >= 0.3 is 0 Å². The highest BCUT2D eigenvalue weighted by atomic mass is 79.9. The van der Waals surface area contributed by atoms with Crippen molar-refractivity contribution in [1.82, 2.24) is 4.98 Å². The molecular formula is C25H20BrNO2. The van der Waals surface area contributed by atoms with E-state index in [4.69, 9.17) is 14.5 Å². The van der Waals surface area contributed by atoms with Gasteiger partial charge < -0.3 is 9.47 Å². The second-order valence-corrected chi connectivity index (χ2v) is 7.51. The van der Waals surface area contributed by atoms with Crippen molar-refractivity contribution in [2.75, 3.05) is 14.2 Å². The summed E-state index contributed by atoms with van der Waals surface area (Å²) >= 11 is 3.51. The molecular weight excluding hydrogens is 426 g/mol. The number of pyridine rings is 1. The van der Waals surface area contributed by atoms with E-state index in [9.17, 15) is 0 Å². The van der Waals surface area contributed by atoms with Gasteiger partial charge in [0.05, 0.1) is 25.6 Å². The van der Waals surface area contributed by atoms with Crippen molar-refractivity contribution < 1.29 is 9.47 Å². The number of aromatic nitrogens is 1. The molecule has 0 unspecified atom stereocenters. The Morgan fingerprint density at radius 1 is 0.552 bits per heavy atom. The molecule has 4 heteroatoms. The third-order valence-corrected chi connectivity index (χ3v) is 5.30. The smallest absolute Gasteiger partial charge is 0.118 e. The number of hydrogen-bond acceptors (Lipinski definition) is 3. The Labute approximate surface area is 179 Å². The molecule has 0 atom stereocenters. The Morgan fingerprint density at radius 2 is 0.966 bits per heavy atom. The molecule has 1 heterocycles. The van der Waals surface area contributed by atoms with Crippen LogP contribution in [0.1, 0.15) is 0 Å². The molecule has 0 aliphatic heterocycles. The van der Waals surface area contributed by atoms with E-state index in [1.165, 1.54) is 0 Å².